The summed E-state index contributed by atoms with van der Waals surface area (Å²) >= 11 is 1.88. The molecule has 2 aromatic heterocycles. The van der Waals surface area contributed by atoms with Gasteiger partial charge in [0.25, 0.3) is 12.9 Å². The molecule has 0 bridgehead atoms. The second-order valence-corrected chi connectivity index (χ2v) is 9.17. The van der Waals surface area contributed by atoms with Crippen molar-refractivity contribution >= 4 is 24.3 Å². The first-order valence-corrected chi connectivity index (χ1v) is 11.1. The third-order valence-electron chi connectivity index (χ3n) is 5.64. The Bertz CT molecular complexity index is 777. The lowest BCUT2D eigenvalue weighted by Crippen LogP contribution is -2.36. The van der Waals surface area contributed by atoms with Crippen LogP contribution in [-0.4, -0.2) is 81.1 Å². The molecule has 31 heavy (non-hydrogen) atoms. The fourth-order valence-corrected chi connectivity index (χ4v) is 5.49. The fourth-order valence-electron chi connectivity index (χ4n) is 4.57. The van der Waals surface area contributed by atoms with Crippen LogP contribution in [0.25, 0.3) is 0 Å². The normalized spacial score (nSPS) is 25.0. The predicted octanol–water partition coefficient (Wildman–Crippen LogP) is 1.85. The topological polar surface area (TPSA) is 119 Å². The van der Waals surface area contributed by atoms with E-state index >= 15 is 0 Å². The number of nitrogens with zero attached hydrogens (tertiary/aromatic N) is 4. The van der Waals surface area contributed by atoms with Gasteiger partial charge in [-0.25, -0.2) is 0 Å². The minimum Gasteiger partial charge on any atom is -0.483 e. The molecule has 4 rings (SSSR count). The lowest BCUT2D eigenvalue weighted by molar-refractivity contribution is -0.123. The third-order valence-corrected chi connectivity index (χ3v) is 6.61. The molecule has 2 fully saturated rings. The highest BCUT2D eigenvalue weighted by Gasteiger charge is 2.42. The summed E-state index contributed by atoms with van der Waals surface area (Å²) in [6, 6.07) is 4.44. The van der Waals surface area contributed by atoms with E-state index in [9.17, 15) is 5.11 Å². The summed E-state index contributed by atoms with van der Waals surface area (Å²) < 4.78 is 1.95. The van der Waals surface area contributed by atoms with Crippen molar-refractivity contribution in [1.29, 1.82) is 0 Å². The van der Waals surface area contributed by atoms with Gasteiger partial charge in [0.05, 0.1) is 12.1 Å². The Morgan fingerprint density at radius 2 is 1.84 bits per heavy atom. The molecule has 0 radical (unpaired) electrons. The molecule has 0 spiro atoms. The number of carbonyl (C=O) groups is 2. The smallest absolute Gasteiger partial charge is 0.290 e. The number of hydrogen-bond donors (Lipinski definition) is 3. The molecule has 172 valence electrons. The molecule has 9 nitrogen and oxygen atoms in total. The monoisotopic (exact) mass is 452 g/mol. The maximum absolute atomic E-state index is 10.6. The summed E-state index contributed by atoms with van der Waals surface area (Å²) in [6.07, 6.45) is 5.47. The van der Waals surface area contributed by atoms with E-state index in [1.807, 2.05) is 34.5 Å². The standard InChI is InChI=1S/C19H28N4OS.2CH2O2/c1-21(2)9-14-6-17(25-13-14)12-22-10-15-7-18(23-5-3-4-20-23)19(24)8-16(15)11-22;2*2-1-3/h3-6,13,15-16,18-19,24H,7-12H2,1-2H3;2*1H,(H,2,3)/t15-,16+,18-,19-;;/m1../s1. The quantitative estimate of drug-likeness (QED) is 0.588. The fraction of sp³-hybridized carbons (Fsp3) is 0.571. The molecular weight excluding hydrogens is 420 g/mol. The Morgan fingerprint density at radius 3 is 2.42 bits per heavy atom. The van der Waals surface area contributed by atoms with Crippen molar-refractivity contribution in [3.63, 3.8) is 0 Å². The molecule has 0 unspecified atom stereocenters. The zero-order chi connectivity index (χ0) is 22.8. The van der Waals surface area contributed by atoms with Gasteiger partial charge in [-0.3, -0.25) is 19.2 Å². The van der Waals surface area contributed by atoms with Crippen LogP contribution in [0.15, 0.2) is 29.9 Å². The molecule has 1 aliphatic carbocycles. The summed E-state index contributed by atoms with van der Waals surface area (Å²) in [5, 5.41) is 31.0. The molecule has 2 aromatic rings. The van der Waals surface area contributed by atoms with Crippen molar-refractivity contribution < 1.29 is 24.9 Å². The maximum Gasteiger partial charge on any atom is 0.290 e. The van der Waals surface area contributed by atoms with E-state index in [1.54, 1.807) is 0 Å². The average Bonchev–Trinajstić information content (AvgIpc) is 3.43. The lowest BCUT2D eigenvalue weighted by atomic mass is 9.77. The Balaban J connectivity index is 0.000000513. The lowest BCUT2D eigenvalue weighted by Gasteiger charge is -2.35. The molecule has 3 N–H and O–H groups in total. The highest BCUT2D eigenvalue weighted by Crippen LogP contribution is 2.41. The number of fused-ring (bicyclic) bond motifs is 1. The van der Waals surface area contributed by atoms with Crippen molar-refractivity contribution in [3.05, 3.63) is 40.3 Å². The zero-order valence-electron chi connectivity index (χ0n) is 17.9. The second-order valence-electron chi connectivity index (χ2n) is 8.18. The summed E-state index contributed by atoms with van der Waals surface area (Å²) in [4.78, 5) is 23.0. The van der Waals surface area contributed by atoms with Crippen LogP contribution in [0.4, 0.5) is 0 Å². The van der Waals surface area contributed by atoms with E-state index in [1.165, 1.54) is 10.4 Å². The van der Waals surface area contributed by atoms with Crippen molar-refractivity contribution in [2.24, 2.45) is 11.8 Å². The Labute approximate surface area is 186 Å². The molecule has 3 heterocycles. The number of aliphatic hydroxyl groups excluding tert-OH is 1. The van der Waals surface area contributed by atoms with Crippen LogP contribution in [0.2, 0.25) is 0 Å². The van der Waals surface area contributed by atoms with E-state index in [4.69, 9.17) is 19.8 Å². The highest BCUT2D eigenvalue weighted by atomic mass is 32.1. The van der Waals surface area contributed by atoms with Gasteiger partial charge in [-0.05, 0) is 61.8 Å². The first-order valence-electron chi connectivity index (χ1n) is 10.2. The van der Waals surface area contributed by atoms with Crippen LogP contribution >= 0.6 is 11.3 Å². The van der Waals surface area contributed by atoms with E-state index in [2.05, 4.69) is 40.4 Å². The van der Waals surface area contributed by atoms with Gasteiger partial charge in [0.2, 0.25) is 0 Å². The second kappa shape index (κ2) is 12.6. The van der Waals surface area contributed by atoms with Gasteiger partial charge in [0, 0.05) is 43.4 Å². The van der Waals surface area contributed by atoms with Crippen molar-refractivity contribution in [2.75, 3.05) is 27.2 Å². The molecule has 0 aromatic carbocycles. The number of aliphatic hydroxyl groups is 1. The minimum atomic E-state index is -0.269. The number of rotatable bonds is 5. The van der Waals surface area contributed by atoms with Crippen molar-refractivity contribution in [3.8, 4) is 0 Å². The van der Waals surface area contributed by atoms with Crippen molar-refractivity contribution in [1.82, 2.24) is 19.6 Å². The first kappa shape index (κ1) is 25.0. The summed E-state index contributed by atoms with van der Waals surface area (Å²) in [5.74, 6) is 1.31. The number of likely N-dealkylation sites (tertiary alicyclic amines) is 1. The van der Waals surface area contributed by atoms with E-state index < -0.39 is 0 Å². The Kier molecular flexibility index (Phi) is 10.1. The van der Waals surface area contributed by atoms with E-state index in [0.29, 0.717) is 11.8 Å². The van der Waals surface area contributed by atoms with Crippen molar-refractivity contribution in [2.45, 2.75) is 38.1 Å². The SMILES string of the molecule is CN(C)Cc1csc(CN2C[C@H]3C[C@@H](n4cccn4)[C@H](O)C[C@H]3C2)c1.O=CO.O=CO. The van der Waals surface area contributed by atoms with E-state index in [-0.39, 0.29) is 25.1 Å². The molecule has 10 heteroatoms. The van der Waals surface area contributed by atoms with Crippen LogP contribution < -0.4 is 0 Å². The van der Waals surface area contributed by atoms with Gasteiger partial charge in [0.15, 0.2) is 0 Å². The summed E-state index contributed by atoms with van der Waals surface area (Å²) in [5.41, 5.74) is 1.41. The number of carboxylic acid groups (broad SMARTS) is 2. The molecule has 1 saturated heterocycles. The molecule has 2 aliphatic rings. The van der Waals surface area contributed by atoms with Crippen LogP contribution in [0.5, 0.6) is 0 Å². The van der Waals surface area contributed by atoms with Gasteiger partial charge >= 0.3 is 0 Å². The summed E-state index contributed by atoms with van der Waals surface area (Å²) in [6.45, 7) is 3.83. The maximum atomic E-state index is 10.6. The zero-order valence-corrected chi connectivity index (χ0v) is 18.8. The largest absolute Gasteiger partial charge is 0.483 e. The van der Waals surface area contributed by atoms with Gasteiger partial charge < -0.3 is 20.2 Å². The van der Waals surface area contributed by atoms with Crippen LogP contribution in [0.1, 0.15) is 29.3 Å². The first-order chi connectivity index (χ1) is 14.9. The molecule has 4 atom stereocenters. The Morgan fingerprint density at radius 1 is 1.19 bits per heavy atom. The third kappa shape index (κ3) is 7.42. The minimum absolute atomic E-state index is 0.143. The number of hydrogen-bond acceptors (Lipinski definition) is 7. The number of aromatic nitrogens is 2. The van der Waals surface area contributed by atoms with Gasteiger partial charge in [-0.15, -0.1) is 11.3 Å². The highest BCUT2D eigenvalue weighted by molar-refractivity contribution is 7.10. The van der Waals surface area contributed by atoms with Gasteiger partial charge in [0.1, 0.15) is 0 Å². The predicted molar refractivity (Wildman–Crippen MR) is 118 cm³/mol. The van der Waals surface area contributed by atoms with Crippen LogP contribution in [0, 0.1) is 11.8 Å². The molecular formula is C21H32N4O5S. The molecule has 1 aliphatic heterocycles. The van der Waals surface area contributed by atoms with Gasteiger partial charge in [-0.1, -0.05) is 0 Å². The number of thiophene rings is 1. The van der Waals surface area contributed by atoms with E-state index in [0.717, 1.165) is 39.0 Å². The molecule has 0 amide bonds. The van der Waals surface area contributed by atoms with Crippen LogP contribution in [0.3, 0.4) is 0 Å². The molecule has 1 saturated carbocycles. The Hall–Kier alpha value is -2.27. The average molecular weight is 453 g/mol. The van der Waals surface area contributed by atoms with Crippen LogP contribution in [-0.2, 0) is 22.7 Å². The summed E-state index contributed by atoms with van der Waals surface area (Å²) in [7, 11) is 4.23. The van der Waals surface area contributed by atoms with Gasteiger partial charge in [-0.2, -0.15) is 5.10 Å².